The second-order valence-corrected chi connectivity index (χ2v) is 5.80. The number of hydrogen-bond acceptors (Lipinski definition) is 5. The van der Waals surface area contributed by atoms with Crippen molar-refractivity contribution in [3.05, 3.63) is 33.9 Å². The third kappa shape index (κ3) is 3.49. The van der Waals surface area contributed by atoms with Gasteiger partial charge in [0.15, 0.2) is 0 Å². The second kappa shape index (κ2) is 5.42. The highest BCUT2D eigenvalue weighted by Crippen LogP contribution is 2.21. The molecule has 1 aromatic carbocycles. The Kier molecular flexibility index (Phi) is 4.38. The Hall–Kier alpha value is -1.51. The number of hydrogen-bond donors (Lipinski definition) is 2. The van der Waals surface area contributed by atoms with Crippen LogP contribution in [-0.2, 0) is 10.0 Å². The van der Waals surface area contributed by atoms with Gasteiger partial charge in [0.2, 0.25) is 10.0 Å². The van der Waals surface area contributed by atoms with Gasteiger partial charge in [-0.2, -0.15) is 0 Å². The first kappa shape index (κ1) is 14.6. The number of nitrogens with one attached hydrogen (secondary N) is 1. The molecule has 0 aromatic heterocycles. The van der Waals surface area contributed by atoms with Gasteiger partial charge in [0.25, 0.3) is 5.69 Å². The molecular formula is C10H15N3O4S. The fourth-order valence-corrected chi connectivity index (χ4v) is 2.44. The van der Waals surface area contributed by atoms with Gasteiger partial charge in [0.1, 0.15) is 0 Å². The van der Waals surface area contributed by atoms with Crippen LogP contribution >= 0.6 is 0 Å². The number of aryl methyl sites for hydroxylation is 1. The molecule has 3 N–H and O–H groups in total. The smallest absolute Gasteiger partial charge is 0.273 e. The van der Waals surface area contributed by atoms with Crippen LogP contribution in [0.4, 0.5) is 5.69 Å². The normalized spacial score (nSPS) is 13.3. The Labute approximate surface area is 105 Å². The van der Waals surface area contributed by atoms with Crippen molar-refractivity contribution < 1.29 is 13.3 Å². The molecule has 0 saturated heterocycles. The van der Waals surface area contributed by atoms with Crippen molar-refractivity contribution in [1.82, 2.24) is 4.72 Å². The number of nitro groups is 1. The minimum Gasteiger partial charge on any atom is -0.327 e. The van der Waals surface area contributed by atoms with Gasteiger partial charge >= 0.3 is 0 Å². The maximum atomic E-state index is 11.8. The van der Waals surface area contributed by atoms with E-state index in [-0.39, 0.29) is 23.2 Å². The Morgan fingerprint density at radius 3 is 2.61 bits per heavy atom. The van der Waals surface area contributed by atoms with Gasteiger partial charge in [-0.1, -0.05) is 6.07 Å². The van der Waals surface area contributed by atoms with Crippen molar-refractivity contribution in [2.24, 2.45) is 5.73 Å². The molecule has 8 heteroatoms. The minimum absolute atomic E-state index is 0.0734. The van der Waals surface area contributed by atoms with E-state index in [4.69, 9.17) is 5.73 Å². The molecule has 0 aliphatic rings. The average Bonchev–Trinajstić information content (AvgIpc) is 2.26. The lowest BCUT2D eigenvalue weighted by molar-refractivity contribution is -0.385. The molecule has 0 spiro atoms. The molecule has 100 valence electrons. The Bertz CT molecular complexity index is 554. The van der Waals surface area contributed by atoms with Crippen molar-refractivity contribution >= 4 is 15.7 Å². The molecule has 0 aliphatic heterocycles. The van der Waals surface area contributed by atoms with Crippen LogP contribution in [0.1, 0.15) is 12.5 Å². The summed E-state index contributed by atoms with van der Waals surface area (Å²) in [7, 11) is -3.76. The molecule has 0 aliphatic carbocycles. The lowest BCUT2D eigenvalue weighted by atomic mass is 10.2. The molecule has 0 saturated carbocycles. The van der Waals surface area contributed by atoms with E-state index in [0.29, 0.717) is 5.56 Å². The molecular weight excluding hydrogens is 258 g/mol. The highest BCUT2D eigenvalue weighted by molar-refractivity contribution is 7.89. The van der Waals surface area contributed by atoms with Gasteiger partial charge in [-0.15, -0.1) is 0 Å². The Balaban J connectivity index is 3.10. The predicted molar refractivity (Wildman–Crippen MR) is 66.7 cm³/mol. The van der Waals surface area contributed by atoms with Crippen LogP contribution in [0.5, 0.6) is 0 Å². The zero-order valence-corrected chi connectivity index (χ0v) is 10.9. The van der Waals surface area contributed by atoms with E-state index in [9.17, 15) is 18.5 Å². The van der Waals surface area contributed by atoms with E-state index in [1.54, 1.807) is 13.8 Å². The molecule has 1 atom stereocenters. The number of nitrogens with zero attached hydrogens (tertiary/aromatic N) is 1. The number of nitrogens with two attached hydrogens (primary N) is 1. The first-order valence-electron chi connectivity index (χ1n) is 5.24. The number of rotatable bonds is 5. The highest BCUT2D eigenvalue weighted by Gasteiger charge is 2.19. The van der Waals surface area contributed by atoms with E-state index in [1.165, 1.54) is 12.1 Å². The summed E-state index contributed by atoms with van der Waals surface area (Å²) in [6.45, 7) is 3.27. The van der Waals surface area contributed by atoms with Gasteiger partial charge in [0.05, 0.1) is 9.82 Å². The third-order valence-electron chi connectivity index (χ3n) is 2.28. The number of sulfonamides is 1. The van der Waals surface area contributed by atoms with Crippen molar-refractivity contribution in [1.29, 1.82) is 0 Å². The Morgan fingerprint density at radius 1 is 1.50 bits per heavy atom. The topological polar surface area (TPSA) is 115 Å². The van der Waals surface area contributed by atoms with E-state index < -0.39 is 14.9 Å². The average molecular weight is 273 g/mol. The SMILES string of the molecule is Cc1ccc(S(=O)(=O)NCC(C)N)cc1[N+](=O)[O-]. The highest BCUT2D eigenvalue weighted by atomic mass is 32.2. The van der Waals surface area contributed by atoms with E-state index in [1.807, 2.05) is 0 Å². The monoisotopic (exact) mass is 273 g/mol. The molecule has 1 unspecified atom stereocenters. The summed E-state index contributed by atoms with van der Waals surface area (Å²) in [6, 6.07) is 3.43. The molecule has 0 radical (unpaired) electrons. The maximum absolute atomic E-state index is 11.8. The predicted octanol–water partition coefficient (Wildman–Crippen LogP) is 0.529. The van der Waals surface area contributed by atoms with Crippen LogP contribution in [0.15, 0.2) is 23.1 Å². The quantitative estimate of drug-likeness (QED) is 0.599. The fourth-order valence-electron chi connectivity index (χ4n) is 1.28. The summed E-state index contributed by atoms with van der Waals surface area (Å²) in [6.07, 6.45) is 0. The zero-order chi connectivity index (χ0) is 13.9. The summed E-state index contributed by atoms with van der Waals surface area (Å²) in [5.74, 6) is 0. The summed E-state index contributed by atoms with van der Waals surface area (Å²) in [5, 5.41) is 10.7. The largest absolute Gasteiger partial charge is 0.327 e. The molecule has 0 bridgehead atoms. The molecule has 1 aromatic rings. The summed E-state index contributed by atoms with van der Waals surface area (Å²) in [4.78, 5) is 9.99. The van der Waals surface area contributed by atoms with Crippen LogP contribution in [0.3, 0.4) is 0 Å². The molecule has 1 rings (SSSR count). The summed E-state index contributed by atoms with van der Waals surface area (Å²) in [5.41, 5.74) is 5.63. The minimum atomic E-state index is -3.76. The van der Waals surface area contributed by atoms with Gasteiger partial charge in [-0.25, -0.2) is 13.1 Å². The second-order valence-electron chi connectivity index (χ2n) is 4.03. The zero-order valence-electron chi connectivity index (χ0n) is 10.1. The summed E-state index contributed by atoms with van der Waals surface area (Å²) < 4.78 is 26.0. The lowest BCUT2D eigenvalue weighted by Gasteiger charge is -2.09. The molecule has 0 heterocycles. The standard InChI is InChI=1S/C10H15N3O4S/c1-7-3-4-9(5-10(7)13(14)15)18(16,17)12-6-8(2)11/h3-5,8,12H,6,11H2,1-2H3. The van der Waals surface area contributed by atoms with Crippen LogP contribution in [0.2, 0.25) is 0 Å². The van der Waals surface area contributed by atoms with Gasteiger partial charge in [-0.3, -0.25) is 10.1 Å². The first-order valence-corrected chi connectivity index (χ1v) is 6.72. The van der Waals surface area contributed by atoms with Crippen LogP contribution in [0, 0.1) is 17.0 Å². The van der Waals surface area contributed by atoms with Gasteiger partial charge < -0.3 is 5.73 Å². The van der Waals surface area contributed by atoms with Crippen molar-refractivity contribution in [3.8, 4) is 0 Å². The first-order chi connectivity index (χ1) is 8.24. The van der Waals surface area contributed by atoms with Crippen LogP contribution in [0.25, 0.3) is 0 Å². The maximum Gasteiger partial charge on any atom is 0.273 e. The Morgan fingerprint density at radius 2 is 2.11 bits per heavy atom. The number of nitro benzene ring substituents is 1. The molecule has 18 heavy (non-hydrogen) atoms. The van der Waals surface area contributed by atoms with E-state index in [2.05, 4.69) is 4.72 Å². The molecule has 0 fully saturated rings. The van der Waals surface area contributed by atoms with Crippen LogP contribution < -0.4 is 10.5 Å². The lowest BCUT2D eigenvalue weighted by Crippen LogP contribution is -2.35. The summed E-state index contributed by atoms with van der Waals surface area (Å²) >= 11 is 0. The van der Waals surface area contributed by atoms with E-state index in [0.717, 1.165) is 6.07 Å². The van der Waals surface area contributed by atoms with Crippen molar-refractivity contribution in [3.63, 3.8) is 0 Å². The molecule has 7 nitrogen and oxygen atoms in total. The fraction of sp³-hybridized carbons (Fsp3) is 0.400. The third-order valence-corrected chi connectivity index (χ3v) is 3.70. The number of benzene rings is 1. The van der Waals surface area contributed by atoms with Crippen molar-refractivity contribution in [2.75, 3.05) is 6.54 Å². The van der Waals surface area contributed by atoms with Crippen LogP contribution in [-0.4, -0.2) is 25.9 Å². The van der Waals surface area contributed by atoms with Crippen molar-refractivity contribution in [2.45, 2.75) is 24.8 Å². The molecule has 0 amide bonds. The van der Waals surface area contributed by atoms with E-state index >= 15 is 0 Å². The van der Waals surface area contributed by atoms with Gasteiger partial charge in [0, 0.05) is 24.2 Å². The van der Waals surface area contributed by atoms with Gasteiger partial charge in [-0.05, 0) is 19.9 Å².